The Morgan fingerprint density at radius 1 is 0.882 bits per heavy atom. The number of rotatable bonds is 13. The Kier molecular flexibility index (Phi) is 10.5. The van der Waals surface area contributed by atoms with Crippen LogP contribution in [0.5, 0.6) is 0 Å². The van der Waals surface area contributed by atoms with Crippen molar-refractivity contribution in [3.8, 4) is 11.1 Å². The predicted octanol–water partition coefficient (Wildman–Crippen LogP) is 7.65. The lowest BCUT2D eigenvalue weighted by molar-refractivity contribution is -0.384. The summed E-state index contributed by atoms with van der Waals surface area (Å²) in [5.74, 6) is 2.64. The summed E-state index contributed by atoms with van der Waals surface area (Å²) in [5, 5.41) is 11.0. The molecule has 34 heavy (non-hydrogen) atoms. The van der Waals surface area contributed by atoms with Gasteiger partial charge in [0.15, 0.2) is 0 Å². The fourth-order valence-electron chi connectivity index (χ4n) is 3.41. The van der Waals surface area contributed by atoms with Gasteiger partial charge in [-0.15, -0.1) is 0 Å². The largest absolute Gasteiger partial charge is 0.296 e. The van der Waals surface area contributed by atoms with Crippen molar-refractivity contribution >= 4 is 35.3 Å². The summed E-state index contributed by atoms with van der Waals surface area (Å²) in [4.78, 5) is 22.9. The van der Waals surface area contributed by atoms with E-state index in [1.54, 1.807) is 12.1 Å². The average molecular weight is 495 g/mol. The number of carbonyl (C=O) groups is 1. The van der Waals surface area contributed by atoms with E-state index in [9.17, 15) is 14.9 Å². The number of benzene rings is 3. The van der Waals surface area contributed by atoms with E-state index < -0.39 is 0 Å². The number of hydrogen-bond donors (Lipinski definition) is 1. The molecule has 1 N–H and O–H groups in total. The highest BCUT2D eigenvalue weighted by Crippen LogP contribution is 2.25. The normalized spacial score (nSPS) is 10.7. The van der Waals surface area contributed by atoms with E-state index in [4.69, 9.17) is 0 Å². The Labute approximate surface area is 210 Å². The Morgan fingerprint density at radius 2 is 1.56 bits per heavy atom. The molecule has 0 radical (unpaired) electrons. The minimum absolute atomic E-state index is 0.0384. The van der Waals surface area contributed by atoms with Crippen LogP contribution in [0, 0.1) is 10.1 Å². The molecule has 0 aliphatic heterocycles. The van der Waals surface area contributed by atoms with Gasteiger partial charge >= 0.3 is 0 Å². The summed E-state index contributed by atoms with van der Waals surface area (Å²) in [6, 6.07) is 22.6. The number of nitrogens with one attached hydrogen (secondary N) is 1. The van der Waals surface area contributed by atoms with Gasteiger partial charge in [0.1, 0.15) is 0 Å². The van der Waals surface area contributed by atoms with Crippen LogP contribution in [0.4, 0.5) is 5.69 Å². The van der Waals surface area contributed by atoms with Gasteiger partial charge in [-0.1, -0.05) is 86.7 Å². The summed E-state index contributed by atoms with van der Waals surface area (Å²) >= 11 is 3.30. The molecule has 0 spiro atoms. The third-order valence-electron chi connectivity index (χ3n) is 5.36. The maximum Gasteiger partial charge on any atom is 0.270 e. The van der Waals surface area contributed by atoms with Crippen molar-refractivity contribution in [3.63, 3.8) is 0 Å². The van der Waals surface area contributed by atoms with Crippen molar-refractivity contribution in [2.24, 2.45) is 0 Å². The summed E-state index contributed by atoms with van der Waals surface area (Å²) < 4.78 is 2.92. The molecule has 1 amide bonds. The topological polar surface area (TPSA) is 72.2 Å². The highest BCUT2D eigenvalue weighted by atomic mass is 32.2. The molecule has 0 heterocycles. The molecule has 7 heteroatoms. The van der Waals surface area contributed by atoms with E-state index in [0.717, 1.165) is 34.8 Å². The van der Waals surface area contributed by atoms with Gasteiger partial charge in [0, 0.05) is 35.0 Å². The Balaban J connectivity index is 1.42. The molecule has 5 nitrogen and oxygen atoms in total. The quantitative estimate of drug-likeness (QED) is 0.114. The van der Waals surface area contributed by atoms with Gasteiger partial charge in [-0.2, -0.15) is 11.8 Å². The summed E-state index contributed by atoms with van der Waals surface area (Å²) in [6.07, 6.45) is 4.82. The molecular formula is C27H30N2O3S2. The maximum absolute atomic E-state index is 12.3. The lowest BCUT2D eigenvalue weighted by atomic mass is 10.0. The van der Waals surface area contributed by atoms with Crippen LogP contribution in [0.25, 0.3) is 11.1 Å². The maximum atomic E-state index is 12.3. The summed E-state index contributed by atoms with van der Waals surface area (Å²) in [6.45, 7) is 2.19. The van der Waals surface area contributed by atoms with Crippen LogP contribution in [-0.4, -0.2) is 16.6 Å². The lowest BCUT2D eigenvalue weighted by Gasteiger charge is -2.07. The average Bonchev–Trinajstić information content (AvgIpc) is 2.87. The standard InChI is InChI=1S/C27H30N2O3S2/c1-2-3-4-5-17-34-28-27(30)24-15-11-22(12-16-24)20-33-19-21-9-13-23(14-10-21)25-7-6-8-26(18-25)29(31)32/h6-16,18H,2-5,17,19-20H2,1H3,(H,28,30). The molecule has 0 saturated heterocycles. The summed E-state index contributed by atoms with van der Waals surface area (Å²) in [5.41, 5.74) is 4.97. The second-order valence-corrected chi connectivity index (χ2v) is 9.92. The van der Waals surface area contributed by atoms with Gasteiger partial charge in [0.2, 0.25) is 0 Å². The zero-order valence-electron chi connectivity index (χ0n) is 19.4. The first-order valence-electron chi connectivity index (χ1n) is 11.5. The molecule has 178 valence electrons. The Bertz CT molecular complexity index is 1070. The van der Waals surface area contributed by atoms with Crippen LogP contribution in [0.15, 0.2) is 72.8 Å². The number of thioether (sulfide) groups is 1. The molecule has 3 rings (SSSR count). The van der Waals surface area contributed by atoms with E-state index in [1.807, 2.05) is 54.2 Å². The van der Waals surface area contributed by atoms with Gasteiger partial charge in [0.25, 0.3) is 11.6 Å². The van der Waals surface area contributed by atoms with Crippen LogP contribution in [0.1, 0.15) is 54.1 Å². The molecule has 0 aliphatic carbocycles. The lowest BCUT2D eigenvalue weighted by Crippen LogP contribution is -2.16. The highest BCUT2D eigenvalue weighted by Gasteiger charge is 2.08. The Hall–Kier alpha value is -2.77. The SMILES string of the molecule is CCCCCCSNC(=O)c1ccc(CSCc2ccc(-c3cccc([N+](=O)[O-])c3)cc2)cc1. The summed E-state index contributed by atoms with van der Waals surface area (Å²) in [7, 11) is 0. The number of amides is 1. The molecule has 0 unspecified atom stereocenters. The predicted molar refractivity (Wildman–Crippen MR) is 144 cm³/mol. The number of nitrogens with zero attached hydrogens (tertiary/aromatic N) is 1. The van der Waals surface area contributed by atoms with Gasteiger partial charge in [-0.3, -0.25) is 19.6 Å². The van der Waals surface area contributed by atoms with E-state index in [-0.39, 0.29) is 16.5 Å². The zero-order chi connectivity index (χ0) is 24.2. The third kappa shape index (κ3) is 8.22. The third-order valence-corrected chi connectivity index (χ3v) is 7.26. The minimum atomic E-state index is -0.373. The van der Waals surface area contributed by atoms with E-state index in [1.165, 1.54) is 48.4 Å². The number of carbonyl (C=O) groups excluding carboxylic acids is 1. The van der Waals surface area contributed by atoms with E-state index >= 15 is 0 Å². The second kappa shape index (κ2) is 13.8. The van der Waals surface area contributed by atoms with Crippen LogP contribution in [0.3, 0.4) is 0 Å². The molecule has 0 aliphatic rings. The van der Waals surface area contributed by atoms with Crippen LogP contribution < -0.4 is 4.72 Å². The first-order chi connectivity index (χ1) is 16.6. The smallest absolute Gasteiger partial charge is 0.270 e. The van der Waals surface area contributed by atoms with Crippen LogP contribution in [0.2, 0.25) is 0 Å². The van der Waals surface area contributed by atoms with Crippen molar-refractivity contribution in [3.05, 3.63) is 99.6 Å². The van der Waals surface area contributed by atoms with Crippen LogP contribution >= 0.6 is 23.7 Å². The van der Waals surface area contributed by atoms with E-state index in [0.29, 0.717) is 5.56 Å². The zero-order valence-corrected chi connectivity index (χ0v) is 21.0. The number of hydrogen-bond acceptors (Lipinski definition) is 5. The molecule has 3 aromatic rings. The Morgan fingerprint density at radius 3 is 2.21 bits per heavy atom. The molecule has 0 atom stereocenters. The monoisotopic (exact) mass is 494 g/mol. The molecule has 0 aromatic heterocycles. The van der Waals surface area contributed by atoms with E-state index in [2.05, 4.69) is 23.8 Å². The number of unbranched alkanes of at least 4 members (excludes halogenated alkanes) is 3. The second-order valence-electron chi connectivity index (χ2n) is 8.03. The minimum Gasteiger partial charge on any atom is -0.296 e. The van der Waals surface area contributed by atoms with Gasteiger partial charge < -0.3 is 0 Å². The fraction of sp³-hybridized carbons (Fsp3) is 0.296. The molecular weight excluding hydrogens is 464 g/mol. The van der Waals surface area contributed by atoms with Crippen molar-refractivity contribution in [2.75, 3.05) is 5.75 Å². The van der Waals surface area contributed by atoms with Gasteiger partial charge in [0.05, 0.1) is 4.92 Å². The first-order valence-corrected chi connectivity index (χ1v) is 13.6. The van der Waals surface area contributed by atoms with Gasteiger partial charge in [-0.05, 0) is 40.8 Å². The molecule has 0 saturated carbocycles. The number of non-ortho nitro benzene ring substituents is 1. The number of nitro benzene ring substituents is 1. The van der Waals surface area contributed by atoms with Crippen molar-refractivity contribution < 1.29 is 9.72 Å². The van der Waals surface area contributed by atoms with Crippen molar-refractivity contribution in [2.45, 2.75) is 44.1 Å². The first kappa shape index (κ1) is 25.8. The fourth-order valence-corrected chi connectivity index (χ4v) is 5.07. The number of nitro groups is 1. The molecule has 0 fully saturated rings. The van der Waals surface area contributed by atoms with Crippen molar-refractivity contribution in [1.82, 2.24) is 4.72 Å². The van der Waals surface area contributed by atoms with Crippen molar-refractivity contribution in [1.29, 1.82) is 0 Å². The van der Waals surface area contributed by atoms with Gasteiger partial charge in [-0.25, -0.2) is 0 Å². The van der Waals surface area contributed by atoms with Crippen LogP contribution in [-0.2, 0) is 11.5 Å². The highest BCUT2D eigenvalue weighted by molar-refractivity contribution is 7.98. The molecule has 3 aromatic carbocycles. The molecule has 0 bridgehead atoms.